The zero-order valence-electron chi connectivity index (χ0n) is 14.9. The van der Waals surface area contributed by atoms with Crippen LogP contribution in [0.25, 0.3) is 11.0 Å². The van der Waals surface area contributed by atoms with E-state index in [-0.39, 0.29) is 12.3 Å². The van der Waals surface area contributed by atoms with Crippen molar-refractivity contribution < 1.29 is 19.4 Å². The van der Waals surface area contributed by atoms with E-state index in [1.807, 2.05) is 18.2 Å². The number of aromatic amines is 1. The summed E-state index contributed by atoms with van der Waals surface area (Å²) in [4.78, 5) is 19.3. The highest BCUT2D eigenvalue weighted by Crippen LogP contribution is 2.32. The second-order valence-corrected chi connectivity index (χ2v) is 6.09. The van der Waals surface area contributed by atoms with Gasteiger partial charge in [-0.1, -0.05) is 36.4 Å². The van der Waals surface area contributed by atoms with Crippen LogP contribution < -0.4 is 4.74 Å². The van der Waals surface area contributed by atoms with E-state index < -0.39 is 5.97 Å². The number of H-pyrrole nitrogens is 1. The van der Waals surface area contributed by atoms with Crippen LogP contribution in [-0.2, 0) is 16.0 Å². The third-order valence-electron chi connectivity index (χ3n) is 4.41. The highest BCUT2D eigenvalue weighted by molar-refractivity contribution is 5.88. The Labute approximate surface area is 151 Å². The second kappa shape index (κ2) is 8.01. The molecule has 0 bridgehead atoms. The van der Waals surface area contributed by atoms with Crippen LogP contribution in [0.4, 0.5) is 0 Å². The third kappa shape index (κ3) is 3.70. The fourth-order valence-electron chi connectivity index (χ4n) is 3.16. The molecular formula is C20H22N2O4. The molecule has 6 heteroatoms. The molecule has 1 atom stereocenters. The number of benzene rings is 2. The first-order chi connectivity index (χ1) is 12.6. The van der Waals surface area contributed by atoms with Gasteiger partial charge in [0.1, 0.15) is 17.1 Å². The van der Waals surface area contributed by atoms with E-state index in [0.717, 1.165) is 23.3 Å². The summed E-state index contributed by atoms with van der Waals surface area (Å²) in [5.74, 6) is 0.553. The molecule has 136 valence electrons. The molecule has 0 aliphatic carbocycles. The van der Waals surface area contributed by atoms with Crippen molar-refractivity contribution in [3.05, 3.63) is 59.4 Å². The summed E-state index contributed by atoms with van der Waals surface area (Å²) >= 11 is 0. The van der Waals surface area contributed by atoms with Crippen LogP contribution in [0.2, 0.25) is 0 Å². The molecule has 0 saturated heterocycles. The van der Waals surface area contributed by atoms with Crippen molar-refractivity contribution in [3.63, 3.8) is 0 Å². The smallest absolute Gasteiger partial charge is 0.307 e. The molecule has 1 heterocycles. The first kappa shape index (κ1) is 17.9. The molecule has 0 aliphatic heterocycles. The zero-order chi connectivity index (χ0) is 18.5. The monoisotopic (exact) mass is 354 g/mol. The Hall–Kier alpha value is -2.86. The standard InChI is InChI=1S/C20H22N2O4/c1-25-11-10-15(13-6-4-3-5-7-13)20-21-18-14(12-17(23)24)8-9-16(26-2)19(18)22-20/h3-9,15H,10-12H2,1-2H3,(H,21,22)(H,23,24). The number of carboxylic acid groups (broad SMARTS) is 1. The van der Waals surface area contributed by atoms with Gasteiger partial charge in [0, 0.05) is 19.6 Å². The molecule has 0 aliphatic rings. The van der Waals surface area contributed by atoms with Crippen molar-refractivity contribution in [2.45, 2.75) is 18.8 Å². The van der Waals surface area contributed by atoms with E-state index in [9.17, 15) is 9.90 Å². The van der Waals surface area contributed by atoms with E-state index in [1.165, 1.54) is 0 Å². The molecule has 1 unspecified atom stereocenters. The van der Waals surface area contributed by atoms with Gasteiger partial charge >= 0.3 is 5.97 Å². The van der Waals surface area contributed by atoms with Gasteiger partial charge in [-0.05, 0) is 23.6 Å². The summed E-state index contributed by atoms with van der Waals surface area (Å²) in [6.45, 7) is 0.593. The van der Waals surface area contributed by atoms with Crippen LogP contribution in [0.5, 0.6) is 5.75 Å². The van der Waals surface area contributed by atoms with Gasteiger partial charge in [0.05, 0.1) is 19.0 Å². The molecule has 0 radical (unpaired) electrons. The molecular weight excluding hydrogens is 332 g/mol. The number of fused-ring (bicyclic) bond motifs is 1. The van der Waals surface area contributed by atoms with Gasteiger partial charge in [0.15, 0.2) is 0 Å². The lowest BCUT2D eigenvalue weighted by molar-refractivity contribution is -0.136. The lowest BCUT2D eigenvalue weighted by Crippen LogP contribution is -2.06. The first-order valence-electron chi connectivity index (χ1n) is 8.45. The molecule has 0 amide bonds. The molecule has 3 aromatic rings. The molecule has 0 spiro atoms. The van der Waals surface area contributed by atoms with Crippen molar-refractivity contribution in [1.82, 2.24) is 9.97 Å². The minimum atomic E-state index is -0.889. The SMILES string of the molecule is COCCC(c1ccccc1)c1nc2c(CC(=O)O)ccc(OC)c2[nH]1. The van der Waals surface area contributed by atoms with Crippen LogP contribution >= 0.6 is 0 Å². The number of nitrogens with one attached hydrogen (secondary N) is 1. The number of aromatic nitrogens is 2. The summed E-state index contributed by atoms with van der Waals surface area (Å²) in [6.07, 6.45) is 0.676. The number of hydrogen-bond donors (Lipinski definition) is 2. The van der Waals surface area contributed by atoms with Crippen molar-refractivity contribution in [3.8, 4) is 5.75 Å². The summed E-state index contributed by atoms with van der Waals surface area (Å²) in [7, 11) is 3.26. The maximum atomic E-state index is 11.2. The number of rotatable bonds is 8. The van der Waals surface area contributed by atoms with Crippen LogP contribution in [0.15, 0.2) is 42.5 Å². The average molecular weight is 354 g/mol. The predicted molar refractivity (Wildman–Crippen MR) is 98.8 cm³/mol. The highest BCUT2D eigenvalue weighted by Gasteiger charge is 2.21. The summed E-state index contributed by atoms with van der Waals surface area (Å²) < 4.78 is 10.7. The molecule has 26 heavy (non-hydrogen) atoms. The largest absolute Gasteiger partial charge is 0.494 e. The molecule has 0 saturated carbocycles. The zero-order valence-corrected chi connectivity index (χ0v) is 14.9. The highest BCUT2D eigenvalue weighted by atomic mass is 16.5. The van der Waals surface area contributed by atoms with Crippen molar-refractivity contribution >= 4 is 17.0 Å². The van der Waals surface area contributed by atoms with Gasteiger partial charge in [-0.25, -0.2) is 4.98 Å². The number of methoxy groups -OCH3 is 2. The maximum absolute atomic E-state index is 11.2. The number of carbonyl (C=O) groups is 1. The Balaban J connectivity index is 2.11. The number of imidazole rings is 1. The predicted octanol–water partition coefficient (Wildman–Crippen LogP) is 3.37. The summed E-state index contributed by atoms with van der Waals surface area (Å²) in [5, 5.41) is 9.18. The van der Waals surface area contributed by atoms with Crippen LogP contribution in [0.3, 0.4) is 0 Å². The van der Waals surface area contributed by atoms with E-state index in [1.54, 1.807) is 26.4 Å². The van der Waals surface area contributed by atoms with Gasteiger partial charge in [0.25, 0.3) is 0 Å². The minimum absolute atomic E-state index is 0.0194. The van der Waals surface area contributed by atoms with Gasteiger partial charge in [-0.15, -0.1) is 0 Å². The van der Waals surface area contributed by atoms with E-state index >= 15 is 0 Å². The number of carboxylic acids is 1. The molecule has 0 fully saturated rings. The third-order valence-corrected chi connectivity index (χ3v) is 4.41. The Bertz CT molecular complexity index is 889. The van der Waals surface area contributed by atoms with E-state index in [0.29, 0.717) is 23.4 Å². The van der Waals surface area contributed by atoms with Crippen molar-refractivity contribution in [2.24, 2.45) is 0 Å². The van der Waals surface area contributed by atoms with E-state index in [4.69, 9.17) is 14.5 Å². The molecule has 2 aromatic carbocycles. The maximum Gasteiger partial charge on any atom is 0.307 e. The van der Waals surface area contributed by atoms with Gasteiger partial charge in [0.2, 0.25) is 0 Å². The molecule has 3 rings (SSSR count). The topological polar surface area (TPSA) is 84.4 Å². The minimum Gasteiger partial charge on any atom is -0.494 e. The van der Waals surface area contributed by atoms with Crippen LogP contribution in [0.1, 0.15) is 29.3 Å². The number of hydrogen-bond acceptors (Lipinski definition) is 4. The normalized spacial score (nSPS) is 12.2. The lowest BCUT2D eigenvalue weighted by atomic mass is 9.95. The summed E-state index contributed by atoms with van der Waals surface area (Å²) in [6, 6.07) is 13.6. The molecule has 1 aromatic heterocycles. The molecule has 6 nitrogen and oxygen atoms in total. The van der Waals surface area contributed by atoms with Crippen LogP contribution in [0, 0.1) is 0 Å². The number of ether oxygens (including phenoxy) is 2. The van der Waals surface area contributed by atoms with Crippen molar-refractivity contribution in [2.75, 3.05) is 20.8 Å². The van der Waals surface area contributed by atoms with Crippen LogP contribution in [-0.4, -0.2) is 41.9 Å². The lowest BCUT2D eigenvalue weighted by Gasteiger charge is -2.14. The van der Waals surface area contributed by atoms with Gasteiger partial charge < -0.3 is 19.6 Å². The fraction of sp³-hybridized carbons (Fsp3) is 0.300. The van der Waals surface area contributed by atoms with Gasteiger partial charge in [-0.2, -0.15) is 0 Å². The van der Waals surface area contributed by atoms with Gasteiger partial charge in [-0.3, -0.25) is 4.79 Å². The Morgan fingerprint density at radius 1 is 1.19 bits per heavy atom. The van der Waals surface area contributed by atoms with E-state index in [2.05, 4.69) is 17.1 Å². The number of aliphatic carboxylic acids is 1. The Kier molecular flexibility index (Phi) is 5.53. The molecule has 2 N–H and O–H groups in total. The van der Waals surface area contributed by atoms with Crippen molar-refractivity contribution in [1.29, 1.82) is 0 Å². The Morgan fingerprint density at radius 3 is 2.62 bits per heavy atom. The first-order valence-corrected chi connectivity index (χ1v) is 8.45. The quantitative estimate of drug-likeness (QED) is 0.648. The summed E-state index contributed by atoms with van der Waals surface area (Å²) in [5.41, 5.74) is 3.15. The Morgan fingerprint density at radius 2 is 1.96 bits per heavy atom. The average Bonchev–Trinajstić information content (AvgIpc) is 3.08. The fourth-order valence-corrected chi connectivity index (χ4v) is 3.16. The number of nitrogens with zero attached hydrogens (tertiary/aromatic N) is 1. The second-order valence-electron chi connectivity index (χ2n) is 6.09.